The van der Waals surface area contributed by atoms with Crippen LogP contribution in [0.1, 0.15) is 19.4 Å². The van der Waals surface area contributed by atoms with E-state index in [2.05, 4.69) is 5.43 Å². The predicted molar refractivity (Wildman–Crippen MR) is 110 cm³/mol. The standard InChI is InChI=1S/C22H22N2O6/c1-4-29-22(27)14(2)30-18-11-10-15(13-19(18)28-3)12-17-20(25)23-24(21(17)26)16-8-6-5-7-9-16/h5-14H,4H2,1-3H3,(H,23,25)/b17-12-/t14-/m0/s1. The van der Waals surface area contributed by atoms with Crippen molar-refractivity contribution in [2.45, 2.75) is 20.0 Å². The Morgan fingerprint density at radius 1 is 1.13 bits per heavy atom. The third kappa shape index (κ3) is 4.43. The van der Waals surface area contributed by atoms with Gasteiger partial charge >= 0.3 is 5.97 Å². The molecule has 0 aromatic heterocycles. The molecule has 1 aliphatic rings. The first-order valence-corrected chi connectivity index (χ1v) is 9.38. The van der Waals surface area contributed by atoms with Gasteiger partial charge in [0.25, 0.3) is 11.8 Å². The summed E-state index contributed by atoms with van der Waals surface area (Å²) in [5.41, 5.74) is 3.67. The third-order valence-corrected chi connectivity index (χ3v) is 4.33. The molecule has 1 fully saturated rings. The van der Waals surface area contributed by atoms with Crippen molar-refractivity contribution in [2.24, 2.45) is 0 Å². The number of benzene rings is 2. The molecule has 3 rings (SSSR count). The number of hydrogen-bond acceptors (Lipinski definition) is 6. The van der Waals surface area contributed by atoms with Crippen LogP contribution in [0, 0.1) is 0 Å². The fraction of sp³-hybridized carbons (Fsp3) is 0.227. The molecule has 1 aliphatic heterocycles. The molecule has 0 aliphatic carbocycles. The van der Waals surface area contributed by atoms with Crippen molar-refractivity contribution in [3.05, 3.63) is 59.7 Å². The summed E-state index contributed by atoms with van der Waals surface area (Å²) >= 11 is 0. The van der Waals surface area contributed by atoms with Crippen molar-refractivity contribution >= 4 is 29.5 Å². The summed E-state index contributed by atoms with van der Waals surface area (Å²) < 4.78 is 15.9. The molecule has 0 bridgehead atoms. The number of esters is 1. The lowest BCUT2D eigenvalue weighted by Gasteiger charge is -2.16. The number of carbonyl (C=O) groups excluding carboxylic acids is 3. The molecule has 2 aromatic rings. The van der Waals surface area contributed by atoms with E-state index in [4.69, 9.17) is 14.2 Å². The second-order valence-corrected chi connectivity index (χ2v) is 6.40. The average Bonchev–Trinajstić information content (AvgIpc) is 3.03. The zero-order valence-corrected chi connectivity index (χ0v) is 16.9. The highest BCUT2D eigenvalue weighted by Crippen LogP contribution is 2.30. The van der Waals surface area contributed by atoms with Gasteiger partial charge in [0, 0.05) is 0 Å². The second-order valence-electron chi connectivity index (χ2n) is 6.40. The largest absolute Gasteiger partial charge is 0.493 e. The van der Waals surface area contributed by atoms with Crippen LogP contribution in [0.2, 0.25) is 0 Å². The molecule has 8 nitrogen and oxygen atoms in total. The van der Waals surface area contributed by atoms with Gasteiger partial charge in [-0.3, -0.25) is 15.0 Å². The van der Waals surface area contributed by atoms with Crippen LogP contribution in [0.4, 0.5) is 5.69 Å². The van der Waals surface area contributed by atoms with Gasteiger partial charge < -0.3 is 14.2 Å². The molecule has 30 heavy (non-hydrogen) atoms. The minimum atomic E-state index is -0.815. The molecule has 2 aromatic carbocycles. The van der Waals surface area contributed by atoms with Crippen LogP contribution in [0.5, 0.6) is 11.5 Å². The first-order chi connectivity index (χ1) is 14.4. The van der Waals surface area contributed by atoms with Gasteiger partial charge in [-0.1, -0.05) is 24.3 Å². The van der Waals surface area contributed by atoms with Crippen molar-refractivity contribution in [1.82, 2.24) is 5.43 Å². The maximum Gasteiger partial charge on any atom is 0.347 e. The monoisotopic (exact) mass is 410 g/mol. The first kappa shape index (κ1) is 20.9. The Bertz CT molecular complexity index is 986. The van der Waals surface area contributed by atoms with E-state index in [-0.39, 0.29) is 12.2 Å². The fourth-order valence-electron chi connectivity index (χ4n) is 2.85. The molecule has 2 amide bonds. The van der Waals surface area contributed by atoms with Crippen LogP contribution in [0.15, 0.2) is 54.1 Å². The van der Waals surface area contributed by atoms with E-state index >= 15 is 0 Å². The summed E-state index contributed by atoms with van der Waals surface area (Å²) in [4.78, 5) is 36.8. The smallest absolute Gasteiger partial charge is 0.347 e. The fourth-order valence-corrected chi connectivity index (χ4v) is 2.85. The van der Waals surface area contributed by atoms with Gasteiger partial charge in [0.05, 0.1) is 19.4 Å². The number of rotatable bonds is 7. The number of nitrogens with zero attached hydrogens (tertiary/aromatic N) is 1. The van der Waals surface area contributed by atoms with Crippen LogP contribution in [0.25, 0.3) is 6.08 Å². The summed E-state index contributed by atoms with van der Waals surface area (Å²) in [6.07, 6.45) is 0.659. The minimum absolute atomic E-state index is 0.00512. The van der Waals surface area contributed by atoms with Crippen LogP contribution in [0.3, 0.4) is 0 Å². The van der Waals surface area contributed by atoms with E-state index in [1.165, 1.54) is 18.2 Å². The van der Waals surface area contributed by atoms with Gasteiger partial charge in [-0.2, -0.15) is 0 Å². The zero-order chi connectivity index (χ0) is 21.7. The third-order valence-electron chi connectivity index (χ3n) is 4.33. The Morgan fingerprint density at radius 3 is 2.53 bits per heavy atom. The molecule has 0 saturated carbocycles. The minimum Gasteiger partial charge on any atom is -0.493 e. The molecule has 0 radical (unpaired) electrons. The summed E-state index contributed by atoms with van der Waals surface area (Å²) in [5, 5.41) is 1.20. The lowest BCUT2D eigenvalue weighted by molar-refractivity contribution is -0.150. The van der Waals surface area contributed by atoms with Crippen LogP contribution < -0.4 is 19.9 Å². The van der Waals surface area contributed by atoms with E-state index in [0.717, 1.165) is 0 Å². The van der Waals surface area contributed by atoms with Crippen molar-refractivity contribution < 1.29 is 28.6 Å². The number of hydrogen-bond donors (Lipinski definition) is 1. The van der Waals surface area contributed by atoms with Gasteiger partial charge in [-0.05, 0) is 49.8 Å². The van der Waals surface area contributed by atoms with Gasteiger partial charge in [0.1, 0.15) is 5.57 Å². The maximum absolute atomic E-state index is 12.7. The number of methoxy groups -OCH3 is 1. The highest BCUT2D eigenvalue weighted by Gasteiger charge is 2.34. The molecule has 156 valence electrons. The number of hydrazine groups is 1. The highest BCUT2D eigenvalue weighted by molar-refractivity contribution is 6.31. The molecule has 1 N–H and O–H groups in total. The normalized spacial score (nSPS) is 15.7. The maximum atomic E-state index is 12.7. The van der Waals surface area contributed by atoms with Crippen molar-refractivity contribution in [1.29, 1.82) is 0 Å². The van der Waals surface area contributed by atoms with Crippen LogP contribution >= 0.6 is 0 Å². The molecule has 1 heterocycles. The lowest BCUT2D eigenvalue weighted by Crippen LogP contribution is -2.35. The summed E-state index contributed by atoms with van der Waals surface area (Å²) in [6.45, 7) is 3.55. The molecule has 8 heteroatoms. The number of para-hydroxylation sites is 1. The second kappa shape index (κ2) is 9.13. The van der Waals surface area contributed by atoms with E-state index in [0.29, 0.717) is 22.7 Å². The summed E-state index contributed by atoms with van der Waals surface area (Å²) in [5.74, 6) is -0.750. The van der Waals surface area contributed by atoms with Crippen LogP contribution in [-0.2, 0) is 19.1 Å². The van der Waals surface area contributed by atoms with Crippen LogP contribution in [-0.4, -0.2) is 37.6 Å². The van der Waals surface area contributed by atoms with E-state index in [1.54, 1.807) is 56.3 Å². The van der Waals surface area contributed by atoms with E-state index in [1.807, 2.05) is 6.07 Å². The number of ether oxygens (including phenoxy) is 3. The van der Waals surface area contributed by atoms with Gasteiger partial charge in [-0.25, -0.2) is 9.80 Å². The van der Waals surface area contributed by atoms with Crippen molar-refractivity contribution in [3.8, 4) is 11.5 Å². The number of nitrogens with one attached hydrogen (secondary N) is 1. The first-order valence-electron chi connectivity index (χ1n) is 9.38. The summed E-state index contributed by atoms with van der Waals surface area (Å²) in [7, 11) is 1.46. The van der Waals surface area contributed by atoms with E-state index in [9.17, 15) is 14.4 Å². The van der Waals surface area contributed by atoms with E-state index < -0.39 is 23.9 Å². The molecule has 1 atom stereocenters. The van der Waals surface area contributed by atoms with Crippen molar-refractivity contribution in [3.63, 3.8) is 0 Å². The Labute approximate surface area is 174 Å². The molecule has 1 saturated heterocycles. The lowest BCUT2D eigenvalue weighted by atomic mass is 10.1. The van der Waals surface area contributed by atoms with Gasteiger partial charge in [0.2, 0.25) is 0 Å². The number of carbonyl (C=O) groups is 3. The predicted octanol–water partition coefficient (Wildman–Crippen LogP) is 2.49. The quantitative estimate of drug-likeness (QED) is 0.428. The van der Waals surface area contributed by atoms with Crippen molar-refractivity contribution in [2.75, 3.05) is 18.7 Å². The summed E-state index contributed by atoms with van der Waals surface area (Å²) in [6, 6.07) is 13.7. The zero-order valence-electron chi connectivity index (χ0n) is 16.9. The number of anilines is 1. The van der Waals surface area contributed by atoms with Gasteiger partial charge in [-0.15, -0.1) is 0 Å². The van der Waals surface area contributed by atoms with Gasteiger partial charge in [0.15, 0.2) is 17.6 Å². The SMILES string of the molecule is CCOC(=O)[C@H](C)Oc1ccc(/C=C2/C(=O)NN(c3ccccc3)C2=O)cc1OC. The number of amides is 2. The Morgan fingerprint density at radius 2 is 1.87 bits per heavy atom. The molecule has 0 spiro atoms. The Balaban J connectivity index is 1.82. The highest BCUT2D eigenvalue weighted by atomic mass is 16.6. The Kier molecular flexibility index (Phi) is 6.36. The topological polar surface area (TPSA) is 94.2 Å². The Hall–Kier alpha value is -3.81. The molecular formula is C22H22N2O6. The molecule has 0 unspecified atom stereocenters. The average molecular weight is 410 g/mol. The molecular weight excluding hydrogens is 388 g/mol.